The highest BCUT2D eigenvalue weighted by atomic mass is 16.5. The van der Waals surface area contributed by atoms with Gasteiger partial charge in [0.15, 0.2) is 0 Å². The minimum atomic E-state index is -0.120. The van der Waals surface area contributed by atoms with Crippen molar-refractivity contribution in [3.8, 4) is 5.75 Å². The van der Waals surface area contributed by atoms with Gasteiger partial charge >= 0.3 is 0 Å². The number of nitrogens with two attached hydrogens (primary N) is 1. The molecule has 1 atom stereocenters. The lowest BCUT2D eigenvalue weighted by Crippen LogP contribution is -2.37. The van der Waals surface area contributed by atoms with Gasteiger partial charge in [0.05, 0.1) is 6.61 Å². The first-order valence-corrected chi connectivity index (χ1v) is 5.91. The number of rotatable bonds is 6. The molecule has 0 aliphatic rings. The molecule has 1 amide bonds. The van der Waals surface area contributed by atoms with E-state index in [1.807, 2.05) is 26.0 Å². The molecule has 3 N–H and O–H groups in total. The van der Waals surface area contributed by atoms with E-state index in [4.69, 9.17) is 10.5 Å². The molecule has 0 saturated carbocycles. The summed E-state index contributed by atoms with van der Waals surface area (Å²) in [5.74, 6) is 0.602. The Bertz CT molecular complexity index is 366. The molecule has 1 aromatic carbocycles. The molecule has 4 heteroatoms. The zero-order valence-corrected chi connectivity index (χ0v) is 10.4. The van der Waals surface area contributed by atoms with Crippen molar-refractivity contribution in [2.75, 3.05) is 13.2 Å². The number of carbonyl (C=O) groups excluding carboxylic acids is 1. The predicted molar refractivity (Wildman–Crippen MR) is 68.2 cm³/mol. The molecule has 0 heterocycles. The van der Waals surface area contributed by atoms with Crippen molar-refractivity contribution in [1.82, 2.24) is 5.32 Å². The minimum absolute atomic E-state index is 0.0253. The van der Waals surface area contributed by atoms with Gasteiger partial charge in [-0.15, -0.1) is 0 Å². The highest BCUT2D eigenvalue weighted by molar-refractivity contribution is 5.94. The van der Waals surface area contributed by atoms with Crippen LogP contribution in [0.25, 0.3) is 0 Å². The van der Waals surface area contributed by atoms with Crippen molar-refractivity contribution >= 4 is 5.91 Å². The van der Waals surface area contributed by atoms with E-state index in [1.54, 1.807) is 12.1 Å². The number of hydrogen-bond acceptors (Lipinski definition) is 3. The highest BCUT2D eigenvalue weighted by Crippen LogP contribution is 2.13. The van der Waals surface area contributed by atoms with Gasteiger partial charge in [-0.1, -0.05) is 13.0 Å². The lowest BCUT2D eigenvalue weighted by Gasteiger charge is -2.12. The van der Waals surface area contributed by atoms with Crippen molar-refractivity contribution in [3.05, 3.63) is 29.8 Å². The third kappa shape index (κ3) is 4.44. The largest absolute Gasteiger partial charge is 0.494 e. The Morgan fingerprint density at radius 1 is 1.53 bits per heavy atom. The highest BCUT2D eigenvalue weighted by Gasteiger charge is 2.09. The van der Waals surface area contributed by atoms with E-state index in [0.717, 1.165) is 12.2 Å². The van der Waals surface area contributed by atoms with Crippen LogP contribution in [-0.4, -0.2) is 25.1 Å². The SMILES string of the molecule is CCCOc1cccc(C(=O)NC(C)CN)c1. The van der Waals surface area contributed by atoms with E-state index in [9.17, 15) is 4.79 Å². The molecule has 0 aliphatic heterocycles. The molecule has 0 aliphatic carbocycles. The smallest absolute Gasteiger partial charge is 0.251 e. The summed E-state index contributed by atoms with van der Waals surface area (Å²) in [7, 11) is 0. The summed E-state index contributed by atoms with van der Waals surface area (Å²) >= 11 is 0. The van der Waals surface area contributed by atoms with Crippen LogP contribution in [-0.2, 0) is 0 Å². The number of ether oxygens (including phenoxy) is 1. The molecule has 1 aromatic rings. The molecule has 94 valence electrons. The van der Waals surface area contributed by atoms with Crippen LogP contribution in [0.1, 0.15) is 30.6 Å². The first kappa shape index (κ1) is 13.5. The van der Waals surface area contributed by atoms with Crippen LogP contribution in [0.4, 0.5) is 0 Å². The van der Waals surface area contributed by atoms with Gasteiger partial charge in [-0.25, -0.2) is 0 Å². The molecule has 0 aromatic heterocycles. The maximum absolute atomic E-state index is 11.8. The number of amides is 1. The van der Waals surface area contributed by atoms with Gasteiger partial charge in [0.25, 0.3) is 5.91 Å². The Labute approximate surface area is 102 Å². The number of hydrogen-bond donors (Lipinski definition) is 2. The summed E-state index contributed by atoms with van der Waals surface area (Å²) in [5, 5.41) is 2.81. The van der Waals surface area contributed by atoms with Crippen LogP contribution in [0.15, 0.2) is 24.3 Å². The molecule has 17 heavy (non-hydrogen) atoms. The van der Waals surface area contributed by atoms with Crippen LogP contribution < -0.4 is 15.8 Å². The zero-order chi connectivity index (χ0) is 12.7. The lowest BCUT2D eigenvalue weighted by atomic mass is 10.2. The van der Waals surface area contributed by atoms with Crippen LogP contribution in [0.3, 0.4) is 0 Å². The second-order valence-electron chi connectivity index (χ2n) is 3.99. The number of carbonyl (C=O) groups is 1. The van der Waals surface area contributed by atoms with Crippen molar-refractivity contribution in [2.24, 2.45) is 5.73 Å². The van der Waals surface area contributed by atoms with Crippen molar-refractivity contribution in [1.29, 1.82) is 0 Å². The Morgan fingerprint density at radius 2 is 2.29 bits per heavy atom. The third-order valence-corrected chi connectivity index (χ3v) is 2.30. The van der Waals surface area contributed by atoms with Crippen molar-refractivity contribution in [2.45, 2.75) is 26.3 Å². The fourth-order valence-electron chi connectivity index (χ4n) is 1.31. The fraction of sp³-hybridized carbons (Fsp3) is 0.462. The van der Waals surface area contributed by atoms with E-state index >= 15 is 0 Å². The molecule has 0 saturated heterocycles. The lowest BCUT2D eigenvalue weighted by molar-refractivity contribution is 0.0941. The minimum Gasteiger partial charge on any atom is -0.494 e. The quantitative estimate of drug-likeness (QED) is 0.787. The maximum atomic E-state index is 11.8. The summed E-state index contributed by atoms with van der Waals surface area (Å²) in [6, 6.07) is 7.14. The van der Waals surface area contributed by atoms with Crippen molar-refractivity contribution < 1.29 is 9.53 Å². The van der Waals surface area contributed by atoms with E-state index in [2.05, 4.69) is 5.32 Å². The van der Waals surface area contributed by atoms with E-state index in [1.165, 1.54) is 0 Å². The fourth-order valence-corrected chi connectivity index (χ4v) is 1.31. The van der Waals surface area contributed by atoms with Gasteiger partial charge in [0.2, 0.25) is 0 Å². The molecule has 1 rings (SSSR count). The third-order valence-electron chi connectivity index (χ3n) is 2.30. The standard InChI is InChI=1S/C13H20N2O2/c1-3-7-17-12-6-4-5-11(8-12)13(16)15-10(2)9-14/h4-6,8,10H,3,7,9,14H2,1-2H3,(H,15,16). The molecule has 1 unspecified atom stereocenters. The van der Waals surface area contributed by atoms with Gasteiger partial charge < -0.3 is 15.8 Å². The number of nitrogens with one attached hydrogen (secondary N) is 1. The Hall–Kier alpha value is -1.55. The van der Waals surface area contributed by atoms with Gasteiger partial charge in [0.1, 0.15) is 5.75 Å². The average molecular weight is 236 g/mol. The van der Waals surface area contributed by atoms with E-state index in [-0.39, 0.29) is 11.9 Å². The van der Waals surface area contributed by atoms with Crippen LogP contribution in [0, 0.1) is 0 Å². The van der Waals surface area contributed by atoms with E-state index in [0.29, 0.717) is 18.7 Å². The molecule has 0 bridgehead atoms. The van der Waals surface area contributed by atoms with Crippen LogP contribution in [0.2, 0.25) is 0 Å². The summed E-state index contributed by atoms with van der Waals surface area (Å²) in [6.07, 6.45) is 0.945. The molecule has 4 nitrogen and oxygen atoms in total. The number of benzene rings is 1. The summed E-state index contributed by atoms with van der Waals surface area (Å²) in [5.41, 5.74) is 6.05. The van der Waals surface area contributed by atoms with Crippen LogP contribution >= 0.6 is 0 Å². The predicted octanol–water partition coefficient (Wildman–Crippen LogP) is 1.55. The van der Waals surface area contributed by atoms with Crippen molar-refractivity contribution in [3.63, 3.8) is 0 Å². The Morgan fingerprint density at radius 3 is 2.94 bits per heavy atom. The van der Waals surface area contributed by atoms with Crippen LogP contribution in [0.5, 0.6) is 5.75 Å². The molecule has 0 fully saturated rings. The molecule has 0 radical (unpaired) electrons. The van der Waals surface area contributed by atoms with Gasteiger partial charge in [-0.05, 0) is 31.5 Å². The van der Waals surface area contributed by atoms with Gasteiger partial charge in [-0.3, -0.25) is 4.79 Å². The topological polar surface area (TPSA) is 64.3 Å². The zero-order valence-electron chi connectivity index (χ0n) is 10.4. The van der Waals surface area contributed by atoms with Gasteiger partial charge in [-0.2, -0.15) is 0 Å². The first-order valence-electron chi connectivity index (χ1n) is 5.91. The van der Waals surface area contributed by atoms with Gasteiger partial charge in [0, 0.05) is 18.2 Å². The maximum Gasteiger partial charge on any atom is 0.251 e. The normalized spacial score (nSPS) is 11.9. The molecular weight excluding hydrogens is 216 g/mol. The summed E-state index contributed by atoms with van der Waals surface area (Å²) in [6.45, 7) is 5.00. The Balaban J connectivity index is 2.66. The molecular formula is C13H20N2O2. The average Bonchev–Trinajstić information content (AvgIpc) is 2.36. The van der Waals surface area contributed by atoms with E-state index < -0.39 is 0 Å². The summed E-state index contributed by atoms with van der Waals surface area (Å²) in [4.78, 5) is 11.8. The second-order valence-corrected chi connectivity index (χ2v) is 3.99. The molecule has 0 spiro atoms. The monoisotopic (exact) mass is 236 g/mol. The first-order chi connectivity index (χ1) is 8.17. The second kappa shape index (κ2) is 6.91. The Kier molecular flexibility index (Phi) is 5.49. The summed E-state index contributed by atoms with van der Waals surface area (Å²) < 4.78 is 5.47.